The number of rotatable bonds is 6. The van der Waals surface area contributed by atoms with Crippen LogP contribution >= 0.6 is 0 Å². The minimum absolute atomic E-state index is 0.0203. The number of aryl methyl sites for hydroxylation is 1. The number of carbonyl (C=O) groups excluding carboxylic acids is 1. The van der Waals surface area contributed by atoms with Crippen LogP contribution in [0.15, 0.2) is 47.4 Å². The molecule has 1 unspecified atom stereocenters. The zero-order chi connectivity index (χ0) is 20.4. The maximum Gasteiger partial charge on any atom is 0.339 e. The molecule has 0 fully saturated rings. The summed E-state index contributed by atoms with van der Waals surface area (Å²) in [5, 5.41) is 10.9. The van der Waals surface area contributed by atoms with E-state index in [-0.39, 0.29) is 16.1 Å². The van der Waals surface area contributed by atoms with Crippen LogP contribution in [0, 0.1) is 17.0 Å². The van der Waals surface area contributed by atoms with Crippen LogP contribution in [0.5, 0.6) is 0 Å². The minimum Gasteiger partial charge on any atom is -0.454 e. The van der Waals surface area contributed by atoms with E-state index in [0.29, 0.717) is 11.1 Å². The Morgan fingerprint density at radius 1 is 1.19 bits per heavy atom. The van der Waals surface area contributed by atoms with Crippen molar-refractivity contribution < 1.29 is 22.9 Å². The van der Waals surface area contributed by atoms with Crippen LogP contribution in [0.1, 0.15) is 34.5 Å². The number of benzene rings is 2. The van der Waals surface area contributed by atoms with Gasteiger partial charge in [0.05, 0.1) is 15.4 Å². The predicted octanol–water partition coefficient (Wildman–Crippen LogP) is 3.07. The second kappa shape index (κ2) is 7.85. The van der Waals surface area contributed by atoms with Crippen molar-refractivity contribution in [3.05, 3.63) is 69.3 Å². The van der Waals surface area contributed by atoms with Gasteiger partial charge in [-0.2, -0.15) is 0 Å². The molecule has 0 bridgehead atoms. The maximum absolute atomic E-state index is 12.6. The summed E-state index contributed by atoms with van der Waals surface area (Å²) in [6.45, 7) is 3.26. The highest BCUT2D eigenvalue weighted by Crippen LogP contribution is 2.25. The van der Waals surface area contributed by atoms with Crippen LogP contribution in [0.25, 0.3) is 0 Å². The first-order chi connectivity index (χ1) is 12.5. The van der Waals surface area contributed by atoms with Gasteiger partial charge < -0.3 is 4.74 Å². The summed E-state index contributed by atoms with van der Waals surface area (Å²) in [4.78, 5) is 22.9. The molecule has 2 aromatic carbocycles. The predicted molar refractivity (Wildman–Crippen MR) is 99.0 cm³/mol. The molecule has 9 heteroatoms. The molecule has 0 aliphatic heterocycles. The molecule has 0 saturated carbocycles. The standard InChI is InChI=1S/C18H20N2O6S/c1-12-8-9-16(27(24,25)19(3)4)11-17(12)18(21)26-13(2)14-6-5-7-15(10-14)20(22)23/h5-11,13H,1-4H3. The van der Waals surface area contributed by atoms with E-state index in [1.54, 1.807) is 19.9 Å². The number of esters is 1. The Kier molecular flexibility index (Phi) is 5.97. The number of ether oxygens (including phenoxy) is 1. The lowest BCUT2D eigenvalue weighted by Gasteiger charge is -2.16. The fourth-order valence-electron chi connectivity index (χ4n) is 2.38. The van der Waals surface area contributed by atoms with E-state index in [1.165, 1.54) is 50.5 Å². The summed E-state index contributed by atoms with van der Waals surface area (Å²) >= 11 is 0. The van der Waals surface area contributed by atoms with Gasteiger partial charge in [-0.1, -0.05) is 18.2 Å². The minimum atomic E-state index is -3.69. The largest absolute Gasteiger partial charge is 0.454 e. The van der Waals surface area contributed by atoms with Crippen molar-refractivity contribution >= 4 is 21.7 Å². The quantitative estimate of drug-likeness (QED) is 0.425. The van der Waals surface area contributed by atoms with E-state index in [2.05, 4.69) is 0 Å². The fourth-order valence-corrected chi connectivity index (χ4v) is 3.30. The molecule has 0 saturated heterocycles. The molecule has 2 aromatic rings. The molecule has 144 valence electrons. The summed E-state index contributed by atoms with van der Waals surface area (Å²) < 4.78 is 31.0. The van der Waals surface area contributed by atoms with E-state index >= 15 is 0 Å². The number of carbonyl (C=O) groups is 1. The molecule has 2 rings (SSSR count). The van der Waals surface area contributed by atoms with Crippen LogP contribution in [-0.4, -0.2) is 37.7 Å². The zero-order valence-electron chi connectivity index (χ0n) is 15.4. The number of nitro benzene ring substituents is 1. The molecular weight excluding hydrogens is 372 g/mol. The van der Waals surface area contributed by atoms with Crippen molar-refractivity contribution in [2.24, 2.45) is 0 Å². The Morgan fingerprint density at radius 2 is 1.85 bits per heavy atom. The van der Waals surface area contributed by atoms with Crippen LogP contribution in [-0.2, 0) is 14.8 Å². The summed E-state index contributed by atoms with van der Waals surface area (Å²) in [5.74, 6) is -0.706. The Balaban J connectivity index is 2.30. The van der Waals surface area contributed by atoms with Gasteiger partial charge in [0.15, 0.2) is 0 Å². The van der Waals surface area contributed by atoms with Crippen LogP contribution in [0.4, 0.5) is 5.69 Å². The lowest BCUT2D eigenvalue weighted by atomic mass is 10.1. The van der Waals surface area contributed by atoms with Gasteiger partial charge in [0.1, 0.15) is 6.10 Å². The SMILES string of the molecule is Cc1ccc(S(=O)(=O)N(C)C)cc1C(=O)OC(C)c1cccc([N+](=O)[O-])c1. The number of sulfonamides is 1. The summed E-state index contributed by atoms with van der Waals surface area (Å²) in [5.41, 5.74) is 1.04. The Morgan fingerprint density at radius 3 is 2.44 bits per heavy atom. The van der Waals surface area contributed by atoms with Gasteiger partial charge in [0.2, 0.25) is 10.0 Å². The van der Waals surface area contributed by atoms with E-state index in [4.69, 9.17) is 4.74 Å². The van der Waals surface area contributed by atoms with Gasteiger partial charge in [-0.05, 0) is 37.1 Å². The second-order valence-electron chi connectivity index (χ2n) is 6.16. The third-order valence-electron chi connectivity index (χ3n) is 4.04. The van der Waals surface area contributed by atoms with E-state index in [1.807, 2.05) is 0 Å². The first-order valence-electron chi connectivity index (χ1n) is 8.02. The van der Waals surface area contributed by atoms with Crippen molar-refractivity contribution in [2.75, 3.05) is 14.1 Å². The Labute approximate surface area is 157 Å². The van der Waals surface area contributed by atoms with Gasteiger partial charge in [-0.25, -0.2) is 17.5 Å². The molecule has 0 spiro atoms. The lowest BCUT2D eigenvalue weighted by molar-refractivity contribution is -0.385. The van der Waals surface area contributed by atoms with Gasteiger partial charge in [-0.15, -0.1) is 0 Å². The molecule has 0 aliphatic carbocycles. The molecule has 0 aromatic heterocycles. The highest BCUT2D eigenvalue weighted by atomic mass is 32.2. The van der Waals surface area contributed by atoms with Crippen molar-refractivity contribution in [3.8, 4) is 0 Å². The molecular formula is C18H20N2O6S. The normalized spacial score (nSPS) is 12.6. The van der Waals surface area contributed by atoms with E-state index in [9.17, 15) is 23.3 Å². The third kappa shape index (κ3) is 4.50. The van der Waals surface area contributed by atoms with Crippen molar-refractivity contribution in [1.29, 1.82) is 0 Å². The van der Waals surface area contributed by atoms with E-state index in [0.717, 1.165) is 4.31 Å². The van der Waals surface area contributed by atoms with Crippen molar-refractivity contribution in [2.45, 2.75) is 24.8 Å². The lowest BCUT2D eigenvalue weighted by Crippen LogP contribution is -2.22. The number of hydrogen-bond acceptors (Lipinski definition) is 6. The Bertz CT molecular complexity index is 985. The summed E-state index contributed by atoms with van der Waals surface area (Å²) in [7, 11) is -0.894. The van der Waals surface area contributed by atoms with Gasteiger partial charge >= 0.3 is 5.97 Å². The number of hydrogen-bond donors (Lipinski definition) is 0. The molecule has 0 aliphatic rings. The zero-order valence-corrected chi connectivity index (χ0v) is 16.2. The fraction of sp³-hybridized carbons (Fsp3) is 0.278. The number of nitro groups is 1. The average molecular weight is 392 g/mol. The van der Waals surface area contributed by atoms with Gasteiger partial charge in [0, 0.05) is 26.2 Å². The van der Waals surface area contributed by atoms with Gasteiger partial charge in [-0.3, -0.25) is 10.1 Å². The highest BCUT2D eigenvalue weighted by Gasteiger charge is 2.22. The molecule has 0 amide bonds. The van der Waals surface area contributed by atoms with Crippen LogP contribution in [0.2, 0.25) is 0 Å². The van der Waals surface area contributed by atoms with Gasteiger partial charge in [0.25, 0.3) is 5.69 Å². The van der Waals surface area contributed by atoms with Crippen LogP contribution < -0.4 is 0 Å². The second-order valence-corrected chi connectivity index (χ2v) is 8.32. The summed E-state index contributed by atoms with van der Waals surface area (Å²) in [6, 6.07) is 10.0. The summed E-state index contributed by atoms with van der Waals surface area (Å²) in [6.07, 6.45) is -0.745. The highest BCUT2D eigenvalue weighted by molar-refractivity contribution is 7.89. The molecule has 0 heterocycles. The smallest absolute Gasteiger partial charge is 0.339 e. The third-order valence-corrected chi connectivity index (χ3v) is 5.85. The Hall–Kier alpha value is -2.78. The van der Waals surface area contributed by atoms with E-state index < -0.39 is 27.0 Å². The monoisotopic (exact) mass is 392 g/mol. The molecule has 1 atom stereocenters. The average Bonchev–Trinajstić information content (AvgIpc) is 2.61. The number of nitrogens with zero attached hydrogens (tertiary/aromatic N) is 2. The first kappa shape index (κ1) is 20.5. The van der Waals surface area contributed by atoms with Crippen LogP contribution in [0.3, 0.4) is 0 Å². The molecule has 27 heavy (non-hydrogen) atoms. The number of non-ortho nitro benzene ring substituents is 1. The molecule has 0 radical (unpaired) electrons. The maximum atomic E-state index is 12.6. The molecule has 8 nitrogen and oxygen atoms in total. The topological polar surface area (TPSA) is 107 Å². The van der Waals surface area contributed by atoms with Crippen molar-refractivity contribution in [3.63, 3.8) is 0 Å². The molecule has 0 N–H and O–H groups in total. The first-order valence-corrected chi connectivity index (χ1v) is 9.46. The van der Waals surface area contributed by atoms with Crippen molar-refractivity contribution in [1.82, 2.24) is 4.31 Å².